The maximum absolute atomic E-state index is 10.4. The Morgan fingerprint density at radius 3 is 2.80 bits per heavy atom. The van der Waals surface area contributed by atoms with E-state index in [1.54, 1.807) is 11.7 Å². The summed E-state index contributed by atoms with van der Waals surface area (Å²) in [6.07, 6.45) is 0.424. The van der Waals surface area contributed by atoms with Crippen molar-refractivity contribution in [3.8, 4) is 6.01 Å². The number of nitrogens with zero attached hydrogens (tertiary/aromatic N) is 3. The first-order valence-corrected chi connectivity index (χ1v) is 4.77. The van der Waals surface area contributed by atoms with Crippen molar-refractivity contribution in [2.45, 2.75) is 32.8 Å². The number of carboxylic acid groups (broad SMARTS) is 1. The molecule has 0 aliphatic carbocycles. The van der Waals surface area contributed by atoms with Crippen LogP contribution in [0.3, 0.4) is 0 Å². The summed E-state index contributed by atoms with van der Waals surface area (Å²) in [5.74, 6) is -0.225. The lowest BCUT2D eigenvalue weighted by Gasteiger charge is -2.02. The molecule has 0 fully saturated rings. The molecule has 0 amide bonds. The van der Waals surface area contributed by atoms with Crippen LogP contribution in [0, 0.1) is 0 Å². The number of rotatable bonds is 5. The Hall–Kier alpha value is -1.59. The molecule has 1 rings (SSSR count). The maximum Gasteiger partial charge on any atom is 0.335 e. The van der Waals surface area contributed by atoms with Crippen LogP contribution in [0.25, 0.3) is 0 Å². The molecule has 1 N–H and O–H groups in total. The van der Waals surface area contributed by atoms with Crippen LogP contribution >= 0.6 is 0 Å². The van der Waals surface area contributed by atoms with E-state index >= 15 is 0 Å². The van der Waals surface area contributed by atoms with E-state index in [1.165, 1.54) is 0 Å². The summed E-state index contributed by atoms with van der Waals surface area (Å²) in [7, 11) is 1.72. The molecular formula is C9H15N3O3. The third kappa shape index (κ3) is 3.57. The summed E-state index contributed by atoms with van der Waals surface area (Å²) < 4.78 is 6.83. The van der Waals surface area contributed by atoms with Crippen molar-refractivity contribution in [2.24, 2.45) is 7.05 Å². The van der Waals surface area contributed by atoms with E-state index in [0.29, 0.717) is 18.3 Å². The molecule has 1 aromatic rings. The van der Waals surface area contributed by atoms with Crippen molar-refractivity contribution in [3.63, 3.8) is 0 Å². The van der Waals surface area contributed by atoms with Gasteiger partial charge in [0.15, 0.2) is 0 Å². The summed E-state index contributed by atoms with van der Waals surface area (Å²) in [6, 6.07) is 0.299. The van der Waals surface area contributed by atoms with E-state index in [0.717, 1.165) is 0 Å². The molecule has 0 bridgehead atoms. The van der Waals surface area contributed by atoms with Crippen molar-refractivity contribution in [3.05, 3.63) is 5.82 Å². The van der Waals surface area contributed by atoms with Crippen LogP contribution in [0.4, 0.5) is 0 Å². The van der Waals surface area contributed by atoms with Crippen molar-refractivity contribution < 1.29 is 14.6 Å². The molecule has 0 aromatic carbocycles. The average Bonchev–Trinajstić information content (AvgIpc) is 2.41. The quantitative estimate of drug-likeness (QED) is 0.775. The third-order valence-electron chi connectivity index (χ3n) is 1.74. The monoisotopic (exact) mass is 213 g/mol. The van der Waals surface area contributed by atoms with E-state index in [-0.39, 0.29) is 12.5 Å². The summed E-state index contributed by atoms with van der Waals surface area (Å²) in [5.41, 5.74) is 0. The lowest BCUT2D eigenvalue weighted by Crippen LogP contribution is -2.06. The SMILES string of the molecule is CC(C)Oc1nc(CCC(=O)O)n(C)n1. The van der Waals surface area contributed by atoms with Gasteiger partial charge < -0.3 is 9.84 Å². The second-order valence-corrected chi connectivity index (χ2v) is 3.49. The normalized spacial score (nSPS) is 10.7. The van der Waals surface area contributed by atoms with Gasteiger partial charge in [-0.3, -0.25) is 4.79 Å². The first-order valence-electron chi connectivity index (χ1n) is 4.77. The fraction of sp³-hybridized carbons (Fsp3) is 0.667. The molecule has 84 valence electrons. The topological polar surface area (TPSA) is 77.2 Å². The fourth-order valence-electron chi connectivity index (χ4n) is 1.09. The molecule has 0 aliphatic heterocycles. The van der Waals surface area contributed by atoms with Crippen molar-refractivity contribution >= 4 is 5.97 Å². The van der Waals surface area contributed by atoms with E-state index in [1.807, 2.05) is 13.8 Å². The van der Waals surface area contributed by atoms with E-state index < -0.39 is 5.97 Å². The van der Waals surface area contributed by atoms with E-state index in [4.69, 9.17) is 9.84 Å². The van der Waals surface area contributed by atoms with Gasteiger partial charge in [0.25, 0.3) is 0 Å². The van der Waals surface area contributed by atoms with Gasteiger partial charge in [0.2, 0.25) is 0 Å². The number of carbonyl (C=O) groups is 1. The highest BCUT2D eigenvalue weighted by atomic mass is 16.5. The fourth-order valence-corrected chi connectivity index (χ4v) is 1.09. The third-order valence-corrected chi connectivity index (χ3v) is 1.74. The summed E-state index contributed by atoms with van der Waals surface area (Å²) in [4.78, 5) is 14.5. The number of aryl methyl sites for hydroxylation is 2. The standard InChI is InChI=1S/C9H15N3O3/c1-6(2)15-9-10-7(12(3)11-9)4-5-8(13)14/h6H,4-5H2,1-3H3,(H,13,14). The van der Waals surface area contributed by atoms with Crippen LogP contribution in [0.1, 0.15) is 26.1 Å². The minimum absolute atomic E-state index is 0.0136. The van der Waals surface area contributed by atoms with Crippen LogP contribution < -0.4 is 4.74 Å². The molecule has 6 heteroatoms. The van der Waals surface area contributed by atoms with Crippen LogP contribution in [0.5, 0.6) is 6.01 Å². The smallest absolute Gasteiger partial charge is 0.335 e. The maximum atomic E-state index is 10.4. The molecule has 0 unspecified atom stereocenters. The first-order chi connectivity index (χ1) is 6.99. The molecule has 1 aromatic heterocycles. The molecule has 0 aliphatic rings. The van der Waals surface area contributed by atoms with Gasteiger partial charge in [-0.25, -0.2) is 4.68 Å². The summed E-state index contributed by atoms with van der Waals surface area (Å²) >= 11 is 0. The molecule has 0 spiro atoms. The number of ether oxygens (including phenoxy) is 1. The zero-order valence-electron chi connectivity index (χ0n) is 9.10. The highest BCUT2D eigenvalue weighted by molar-refractivity contribution is 5.66. The zero-order chi connectivity index (χ0) is 11.4. The predicted octanol–water partition coefficient (Wildman–Crippen LogP) is 0.619. The molecule has 0 saturated carbocycles. The highest BCUT2D eigenvalue weighted by Crippen LogP contribution is 2.08. The van der Waals surface area contributed by atoms with Gasteiger partial charge in [-0.05, 0) is 13.8 Å². The van der Waals surface area contributed by atoms with Crippen LogP contribution in [0.15, 0.2) is 0 Å². The number of aliphatic carboxylic acids is 1. The summed E-state index contributed by atoms with van der Waals surface area (Å²) in [5, 5.41) is 12.5. The van der Waals surface area contributed by atoms with Gasteiger partial charge in [-0.2, -0.15) is 4.98 Å². The van der Waals surface area contributed by atoms with Gasteiger partial charge in [-0.15, -0.1) is 5.10 Å². The number of hydrogen-bond acceptors (Lipinski definition) is 4. The minimum Gasteiger partial charge on any atom is -0.481 e. The first kappa shape index (κ1) is 11.5. The largest absolute Gasteiger partial charge is 0.481 e. The molecule has 0 saturated heterocycles. The predicted molar refractivity (Wildman–Crippen MR) is 52.7 cm³/mol. The van der Waals surface area contributed by atoms with Crippen molar-refractivity contribution in [1.82, 2.24) is 14.8 Å². The second kappa shape index (κ2) is 4.77. The van der Waals surface area contributed by atoms with Gasteiger partial charge in [0.05, 0.1) is 12.5 Å². The number of hydrogen-bond donors (Lipinski definition) is 1. The average molecular weight is 213 g/mol. The van der Waals surface area contributed by atoms with E-state index in [9.17, 15) is 4.79 Å². The molecule has 6 nitrogen and oxygen atoms in total. The van der Waals surface area contributed by atoms with Gasteiger partial charge >= 0.3 is 12.0 Å². The van der Waals surface area contributed by atoms with Gasteiger partial charge in [-0.1, -0.05) is 0 Å². The highest BCUT2D eigenvalue weighted by Gasteiger charge is 2.10. The zero-order valence-corrected chi connectivity index (χ0v) is 9.10. The van der Waals surface area contributed by atoms with Crippen LogP contribution in [0.2, 0.25) is 0 Å². The summed E-state index contributed by atoms with van der Waals surface area (Å²) in [6.45, 7) is 3.76. The Kier molecular flexibility index (Phi) is 3.65. The Labute approximate surface area is 87.9 Å². The molecular weight excluding hydrogens is 198 g/mol. The Morgan fingerprint density at radius 2 is 2.27 bits per heavy atom. The second-order valence-electron chi connectivity index (χ2n) is 3.49. The molecule has 15 heavy (non-hydrogen) atoms. The number of carboxylic acids is 1. The van der Waals surface area contributed by atoms with Gasteiger partial charge in [0, 0.05) is 13.5 Å². The Bertz CT molecular complexity index is 346. The van der Waals surface area contributed by atoms with Crippen molar-refractivity contribution in [1.29, 1.82) is 0 Å². The number of aromatic nitrogens is 3. The molecule has 1 heterocycles. The Balaban J connectivity index is 2.64. The van der Waals surface area contributed by atoms with Crippen molar-refractivity contribution in [2.75, 3.05) is 0 Å². The lowest BCUT2D eigenvalue weighted by molar-refractivity contribution is -0.137. The Morgan fingerprint density at radius 1 is 1.60 bits per heavy atom. The lowest BCUT2D eigenvalue weighted by atomic mass is 10.3. The van der Waals surface area contributed by atoms with E-state index in [2.05, 4.69) is 10.1 Å². The molecule has 0 atom stereocenters. The van der Waals surface area contributed by atoms with Crippen LogP contribution in [-0.4, -0.2) is 31.9 Å². The van der Waals surface area contributed by atoms with Gasteiger partial charge in [0.1, 0.15) is 5.82 Å². The molecule has 0 radical (unpaired) electrons. The minimum atomic E-state index is -0.843. The van der Waals surface area contributed by atoms with Crippen LogP contribution in [-0.2, 0) is 18.3 Å².